The molecule has 20 heavy (non-hydrogen) atoms. The van der Waals surface area contributed by atoms with Crippen molar-refractivity contribution in [1.82, 2.24) is 5.32 Å². The number of aliphatic hydroxyl groups is 2. The SMILES string of the molecule is CC(O)(CO)CNC(=O)c1cc(F)c(F)cc1[N+](=O)[O-]. The van der Waals surface area contributed by atoms with E-state index in [1.807, 2.05) is 0 Å². The van der Waals surface area contributed by atoms with E-state index in [4.69, 9.17) is 5.11 Å². The van der Waals surface area contributed by atoms with Gasteiger partial charge in [0.15, 0.2) is 11.6 Å². The largest absolute Gasteiger partial charge is 0.393 e. The van der Waals surface area contributed by atoms with Crippen LogP contribution in [0.5, 0.6) is 0 Å². The number of nitrogens with zero attached hydrogens (tertiary/aromatic N) is 1. The molecule has 1 atom stereocenters. The molecule has 3 N–H and O–H groups in total. The van der Waals surface area contributed by atoms with Gasteiger partial charge in [0.1, 0.15) is 11.2 Å². The van der Waals surface area contributed by atoms with Crippen LogP contribution in [0.3, 0.4) is 0 Å². The number of aliphatic hydroxyl groups excluding tert-OH is 1. The molecule has 0 bridgehead atoms. The normalized spacial score (nSPS) is 13.7. The van der Waals surface area contributed by atoms with Gasteiger partial charge in [-0.15, -0.1) is 0 Å². The van der Waals surface area contributed by atoms with Crippen LogP contribution in [0.25, 0.3) is 0 Å². The third-order valence-corrected chi connectivity index (χ3v) is 2.45. The fourth-order valence-electron chi connectivity index (χ4n) is 1.29. The Morgan fingerprint density at radius 1 is 1.45 bits per heavy atom. The number of nitrogens with one attached hydrogen (secondary N) is 1. The van der Waals surface area contributed by atoms with Gasteiger partial charge in [-0.3, -0.25) is 14.9 Å². The lowest BCUT2D eigenvalue weighted by Gasteiger charge is -2.20. The molecule has 1 unspecified atom stereocenters. The highest BCUT2D eigenvalue weighted by molar-refractivity contribution is 5.98. The number of benzene rings is 1. The van der Waals surface area contributed by atoms with Crippen molar-refractivity contribution in [3.05, 3.63) is 39.4 Å². The molecule has 110 valence electrons. The number of hydrogen-bond donors (Lipinski definition) is 3. The molecular formula is C11H12F2N2O5. The third kappa shape index (κ3) is 3.68. The van der Waals surface area contributed by atoms with Crippen molar-refractivity contribution in [2.45, 2.75) is 12.5 Å². The molecule has 0 spiro atoms. The zero-order valence-corrected chi connectivity index (χ0v) is 10.4. The molecule has 0 radical (unpaired) electrons. The van der Waals surface area contributed by atoms with E-state index in [9.17, 15) is 28.8 Å². The molecule has 1 rings (SSSR count). The second kappa shape index (κ2) is 5.88. The first-order chi connectivity index (χ1) is 9.18. The predicted molar refractivity (Wildman–Crippen MR) is 63.1 cm³/mol. The monoisotopic (exact) mass is 290 g/mol. The second-order valence-corrected chi connectivity index (χ2v) is 4.38. The van der Waals surface area contributed by atoms with Crippen LogP contribution in [0.15, 0.2) is 12.1 Å². The van der Waals surface area contributed by atoms with Crippen LogP contribution < -0.4 is 5.32 Å². The maximum Gasteiger partial charge on any atom is 0.285 e. The van der Waals surface area contributed by atoms with Crippen molar-refractivity contribution in [2.24, 2.45) is 0 Å². The number of hydrogen-bond acceptors (Lipinski definition) is 5. The first kappa shape index (κ1) is 15.9. The average Bonchev–Trinajstić information content (AvgIpc) is 2.38. The van der Waals surface area contributed by atoms with Gasteiger partial charge in [0, 0.05) is 6.54 Å². The van der Waals surface area contributed by atoms with E-state index in [1.54, 1.807) is 0 Å². The summed E-state index contributed by atoms with van der Waals surface area (Å²) in [6.45, 7) is 0.137. The van der Waals surface area contributed by atoms with Crippen LogP contribution in [0.1, 0.15) is 17.3 Å². The Hall–Kier alpha value is -2.13. The minimum absolute atomic E-state index is 0.300. The van der Waals surface area contributed by atoms with Crippen LogP contribution in [-0.2, 0) is 0 Å². The van der Waals surface area contributed by atoms with Gasteiger partial charge in [-0.2, -0.15) is 0 Å². The first-order valence-corrected chi connectivity index (χ1v) is 5.43. The van der Waals surface area contributed by atoms with E-state index in [2.05, 4.69) is 5.32 Å². The van der Waals surface area contributed by atoms with Gasteiger partial charge in [0.05, 0.1) is 17.6 Å². The van der Waals surface area contributed by atoms with Crippen LogP contribution in [0.2, 0.25) is 0 Å². The van der Waals surface area contributed by atoms with Gasteiger partial charge in [-0.05, 0) is 13.0 Å². The highest BCUT2D eigenvalue weighted by atomic mass is 19.2. The molecule has 1 aromatic rings. The number of carbonyl (C=O) groups is 1. The lowest BCUT2D eigenvalue weighted by Crippen LogP contribution is -2.43. The van der Waals surface area contributed by atoms with Crippen LogP contribution >= 0.6 is 0 Å². The minimum atomic E-state index is -1.64. The first-order valence-electron chi connectivity index (χ1n) is 5.43. The molecule has 7 nitrogen and oxygen atoms in total. The Balaban J connectivity index is 3.04. The summed E-state index contributed by atoms with van der Waals surface area (Å²) in [5.41, 5.74) is -3.21. The van der Waals surface area contributed by atoms with Crippen molar-refractivity contribution in [3.63, 3.8) is 0 Å². The molecule has 0 aromatic heterocycles. The molecule has 0 aliphatic carbocycles. The summed E-state index contributed by atoms with van der Waals surface area (Å²) < 4.78 is 26.0. The number of amides is 1. The Labute approximate surface area is 112 Å². The highest BCUT2D eigenvalue weighted by Crippen LogP contribution is 2.22. The van der Waals surface area contributed by atoms with Crippen molar-refractivity contribution < 1.29 is 28.7 Å². The summed E-state index contributed by atoms with van der Waals surface area (Å²) >= 11 is 0. The lowest BCUT2D eigenvalue weighted by molar-refractivity contribution is -0.385. The minimum Gasteiger partial charge on any atom is -0.393 e. The Morgan fingerprint density at radius 3 is 2.50 bits per heavy atom. The highest BCUT2D eigenvalue weighted by Gasteiger charge is 2.26. The molecular weight excluding hydrogens is 278 g/mol. The molecule has 1 amide bonds. The third-order valence-electron chi connectivity index (χ3n) is 2.45. The van der Waals surface area contributed by atoms with E-state index in [-0.39, 0.29) is 0 Å². The molecule has 0 aliphatic heterocycles. The molecule has 0 fully saturated rings. The predicted octanol–water partition coefficient (Wildman–Crippen LogP) is 0.346. The van der Waals surface area contributed by atoms with Gasteiger partial charge in [-0.25, -0.2) is 8.78 Å². The van der Waals surface area contributed by atoms with Crippen molar-refractivity contribution in [2.75, 3.05) is 13.2 Å². The molecule has 0 aliphatic rings. The average molecular weight is 290 g/mol. The number of rotatable bonds is 5. The zero-order valence-electron chi connectivity index (χ0n) is 10.4. The van der Waals surface area contributed by atoms with Crippen LogP contribution in [0, 0.1) is 21.7 Å². The fraction of sp³-hybridized carbons (Fsp3) is 0.364. The topological polar surface area (TPSA) is 113 Å². The maximum atomic E-state index is 13.1. The van der Waals surface area contributed by atoms with Crippen molar-refractivity contribution in [1.29, 1.82) is 0 Å². The smallest absolute Gasteiger partial charge is 0.285 e. The summed E-state index contributed by atoms with van der Waals surface area (Å²) in [6, 6.07) is 0.699. The number of halogens is 2. The van der Waals surface area contributed by atoms with Gasteiger partial charge in [-0.1, -0.05) is 0 Å². The summed E-state index contributed by atoms with van der Waals surface area (Å²) in [7, 11) is 0. The Morgan fingerprint density at radius 2 is 2.00 bits per heavy atom. The quantitative estimate of drug-likeness (QED) is 0.535. The molecule has 0 saturated heterocycles. The summed E-state index contributed by atoms with van der Waals surface area (Å²) in [5.74, 6) is -3.92. The Bertz CT molecular complexity index is 548. The van der Waals surface area contributed by atoms with E-state index in [0.717, 1.165) is 0 Å². The fourth-order valence-corrected chi connectivity index (χ4v) is 1.29. The summed E-state index contributed by atoms with van der Waals surface area (Å²) in [5, 5.41) is 31.0. The molecule has 0 saturated carbocycles. The second-order valence-electron chi connectivity index (χ2n) is 4.38. The van der Waals surface area contributed by atoms with E-state index < -0.39 is 52.5 Å². The van der Waals surface area contributed by atoms with E-state index in [0.29, 0.717) is 12.1 Å². The van der Waals surface area contributed by atoms with Gasteiger partial charge >= 0.3 is 0 Å². The summed E-state index contributed by atoms with van der Waals surface area (Å²) in [4.78, 5) is 21.4. The van der Waals surface area contributed by atoms with Crippen molar-refractivity contribution >= 4 is 11.6 Å². The molecule has 1 aromatic carbocycles. The van der Waals surface area contributed by atoms with Crippen LogP contribution in [-0.4, -0.2) is 39.8 Å². The number of nitro benzene ring substituents is 1. The van der Waals surface area contributed by atoms with Gasteiger partial charge < -0.3 is 15.5 Å². The maximum absolute atomic E-state index is 13.1. The zero-order chi connectivity index (χ0) is 15.5. The van der Waals surface area contributed by atoms with E-state index in [1.165, 1.54) is 6.92 Å². The lowest BCUT2D eigenvalue weighted by atomic mass is 10.1. The van der Waals surface area contributed by atoms with Crippen molar-refractivity contribution in [3.8, 4) is 0 Å². The summed E-state index contributed by atoms with van der Waals surface area (Å²) in [6.07, 6.45) is 0. The number of nitro groups is 1. The molecule has 0 heterocycles. The van der Waals surface area contributed by atoms with E-state index >= 15 is 0 Å². The van der Waals surface area contributed by atoms with Gasteiger partial charge in [0.2, 0.25) is 0 Å². The molecule has 9 heteroatoms. The Kier molecular flexibility index (Phi) is 4.69. The van der Waals surface area contributed by atoms with Crippen LogP contribution in [0.4, 0.5) is 14.5 Å². The number of carbonyl (C=O) groups excluding carboxylic acids is 1. The standard InChI is InChI=1S/C11H12F2N2O5/c1-11(18,5-16)4-14-10(17)6-2-7(12)8(13)3-9(6)15(19)20/h2-3,16,18H,4-5H2,1H3,(H,14,17). The van der Waals surface area contributed by atoms with Gasteiger partial charge in [0.25, 0.3) is 11.6 Å².